The van der Waals surface area contributed by atoms with Crippen molar-refractivity contribution in [2.75, 3.05) is 12.4 Å². The molecule has 17 heavy (non-hydrogen) atoms. The zero-order chi connectivity index (χ0) is 12.3. The first-order chi connectivity index (χ1) is 8.16. The average Bonchev–Trinajstić information content (AvgIpc) is 2.80. The topological polar surface area (TPSA) is 46.5 Å². The highest BCUT2D eigenvalue weighted by Gasteiger charge is 2.17. The highest BCUT2D eigenvalue weighted by atomic mass is 35.5. The molecule has 0 saturated carbocycles. The fraction of sp³-hybridized carbons (Fsp3) is 0.417. The molecule has 92 valence electrons. The molecule has 1 aromatic rings. The quantitative estimate of drug-likeness (QED) is 0.854. The summed E-state index contributed by atoms with van der Waals surface area (Å²) >= 11 is 7.31. The van der Waals surface area contributed by atoms with Crippen LogP contribution in [0.3, 0.4) is 0 Å². The van der Waals surface area contributed by atoms with Gasteiger partial charge in [0, 0.05) is 22.3 Å². The Morgan fingerprint density at radius 3 is 3.06 bits per heavy atom. The summed E-state index contributed by atoms with van der Waals surface area (Å²) in [7, 11) is 0. The zero-order valence-corrected chi connectivity index (χ0v) is 10.8. The van der Waals surface area contributed by atoms with Crippen LogP contribution in [-0.2, 0) is 4.74 Å². The molecular formula is C12H13ClO3S. The minimum atomic E-state index is -0.942. The van der Waals surface area contributed by atoms with E-state index >= 15 is 0 Å². The number of halogens is 1. The van der Waals surface area contributed by atoms with E-state index in [1.165, 1.54) is 17.8 Å². The number of hydrogen-bond acceptors (Lipinski definition) is 3. The fourth-order valence-corrected chi connectivity index (χ4v) is 3.02. The van der Waals surface area contributed by atoms with Crippen molar-refractivity contribution in [3.8, 4) is 0 Å². The van der Waals surface area contributed by atoms with Crippen LogP contribution in [0.25, 0.3) is 0 Å². The number of benzene rings is 1. The van der Waals surface area contributed by atoms with E-state index in [0.29, 0.717) is 5.02 Å². The largest absolute Gasteiger partial charge is 0.478 e. The third-order valence-electron chi connectivity index (χ3n) is 2.62. The van der Waals surface area contributed by atoms with E-state index in [2.05, 4.69) is 0 Å². The molecule has 3 nitrogen and oxygen atoms in total. The third kappa shape index (κ3) is 3.37. The maximum Gasteiger partial charge on any atom is 0.336 e. The van der Waals surface area contributed by atoms with Crippen LogP contribution in [0, 0.1) is 0 Å². The molecule has 1 aromatic carbocycles. The van der Waals surface area contributed by atoms with Gasteiger partial charge < -0.3 is 9.84 Å². The molecule has 5 heteroatoms. The highest BCUT2D eigenvalue weighted by molar-refractivity contribution is 7.99. The van der Waals surface area contributed by atoms with Crippen LogP contribution < -0.4 is 0 Å². The summed E-state index contributed by atoms with van der Waals surface area (Å²) in [5.74, 6) is -0.149. The molecule has 1 aliphatic rings. The second-order valence-electron chi connectivity index (χ2n) is 3.89. The van der Waals surface area contributed by atoms with Gasteiger partial charge in [0.2, 0.25) is 0 Å². The highest BCUT2D eigenvalue weighted by Crippen LogP contribution is 2.28. The van der Waals surface area contributed by atoms with Crippen molar-refractivity contribution in [3.63, 3.8) is 0 Å². The van der Waals surface area contributed by atoms with Crippen molar-refractivity contribution in [1.82, 2.24) is 0 Å². The standard InChI is InChI=1S/C12H13ClO3S/c13-8-3-4-11(10(6-8)12(14)15)17-7-9-2-1-5-16-9/h3-4,6,9H,1-2,5,7H2,(H,14,15). The first-order valence-corrected chi connectivity index (χ1v) is 6.80. The Balaban J connectivity index is 2.06. The van der Waals surface area contributed by atoms with Gasteiger partial charge in [-0.05, 0) is 31.0 Å². The molecule has 1 unspecified atom stereocenters. The smallest absolute Gasteiger partial charge is 0.336 e. The van der Waals surface area contributed by atoms with Crippen molar-refractivity contribution < 1.29 is 14.6 Å². The Hall–Kier alpha value is -0.710. The molecular weight excluding hydrogens is 260 g/mol. The van der Waals surface area contributed by atoms with Gasteiger partial charge in [0.25, 0.3) is 0 Å². The number of carboxylic acids is 1. The van der Waals surface area contributed by atoms with Gasteiger partial charge in [-0.2, -0.15) is 0 Å². The number of ether oxygens (including phenoxy) is 1. The second kappa shape index (κ2) is 5.76. The number of hydrogen-bond donors (Lipinski definition) is 1. The number of carboxylic acid groups (broad SMARTS) is 1. The Kier molecular flexibility index (Phi) is 4.31. The second-order valence-corrected chi connectivity index (χ2v) is 5.39. The van der Waals surface area contributed by atoms with E-state index in [0.717, 1.165) is 30.1 Å². The van der Waals surface area contributed by atoms with E-state index in [1.54, 1.807) is 12.1 Å². The molecule has 0 spiro atoms. The van der Waals surface area contributed by atoms with E-state index in [1.807, 2.05) is 0 Å². The van der Waals surface area contributed by atoms with Crippen LogP contribution in [0.15, 0.2) is 23.1 Å². The Morgan fingerprint density at radius 1 is 1.59 bits per heavy atom. The molecule has 0 aromatic heterocycles. The van der Waals surface area contributed by atoms with Crippen molar-refractivity contribution in [2.45, 2.75) is 23.8 Å². The van der Waals surface area contributed by atoms with Crippen molar-refractivity contribution >= 4 is 29.3 Å². The van der Waals surface area contributed by atoms with E-state index in [-0.39, 0.29) is 11.7 Å². The van der Waals surface area contributed by atoms with Crippen LogP contribution in [0.2, 0.25) is 5.02 Å². The van der Waals surface area contributed by atoms with Crippen molar-refractivity contribution in [2.24, 2.45) is 0 Å². The molecule has 1 atom stereocenters. The Morgan fingerprint density at radius 2 is 2.41 bits per heavy atom. The van der Waals surface area contributed by atoms with Gasteiger partial charge in [-0.1, -0.05) is 11.6 Å². The predicted molar refractivity (Wildman–Crippen MR) is 68.1 cm³/mol. The van der Waals surface area contributed by atoms with E-state index in [4.69, 9.17) is 21.4 Å². The number of aromatic carboxylic acids is 1. The number of carbonyl (C=O) groups is 1. The Bertz CT molecular complexity index is 416. The lowest BCUT2D eigenvalue weighted by molar-refractivity contribution is 0.0693. The average molecular weight is 273 g/mol. The fourth-order valence-electron chi connectivity index (χ4n) is 1.75. The lowest BCUT2D eigenvalue weighted by Crippen LogP contribution is -2.08. The third-order valence-corrected chi connectivity index (χ3v) is 4.06. The summed E-state index contributed by atoms with van der Waals surface area (Å²) in [6.07, 6.45) is 2.40. The summed E-state index contributed by atoms with van der Waals surface area (Å²) in [5, 5.41) is 9.53. The summed E-state index contributed by atoms with van der Waals surface area (Å²) in [5.41, 5.74) is 0.264. The molecule has 1 N–H and O–H groups in total. The lowest BCUT2D eigenvalue weighted by atomic mass is 10.2. The summed E-state index contributed by atoms with van der Waals surface area (Å²) in [6, 6.07) is 4.96. The SMILES string of the molecule is O=C(O)c1cc(Cl)ccc1SCC1CCCO1. The molecule has 1 heterocycles. The summed E-state index contributed by atoms with van der Waals surface area (Å²) in [6.45, 7) is 0.817. The van der Waals surface area contributed by atoms with E-state index in [9.17, 15) is 4.79 Å². The van der Waals surface area contributed by atoms with Gasteiger partial charge in [0.1, 0.15) is 0 Å². The molecule has 0 amide bonds. The van der Waals surface area contributed by atoms with Gasteiger partial charge in [0.15, 0.2) is 0 Å². The summed E-state index contributed by atoms with van der Waals surface area (Å²) in [4.78, 5) is 11.8. The zero-order valence-electron chi connectivity index (χ0n) is 9.19. The Labute approximate surface area is 109 Å². The van der Waals surface area contributed by atoms with Gasteiger partial charge in [-0.3, -0.25) is 0 Å². The van der Waals surface area contributed by atoms with Crippen LogP contribution in [0.4, 0.5) is 0 Å². The van der Waals surface area contributed by atoms with Crippen LogP contribution in [0.5, 0.6) is 0 Å². The monoisotopic (exact) mass is 272 g/mol. The molecule has 0 radical (unpaired) electrons. The first kappa shape index (κ1) is 12.7. The number of thioether (sulfide) groups is 1. The van der Waals surface area contributed by atoms with Gasteiger partial charge >= 0.3 is 5.97 Å². The number of rotatable bonds is 4. The maximum atomic E-state index is 11.1. The molecule has 0 aliphatic carbocycles. The molecule has 1 fully saturated rings. The minimum absolute atomic E-state index is 0.248. The van der Waals surface area contributed by atoms with Crippen LogP contribution in [0.1, 0.15) is 23.2 Å². The van der Waals surface area contributed by atoms with Gasteiger partial charge in [-0.15, -0.1) is 11.8 Å². The molecule has 2 rings (SSSR count). The minimum Gasteiger partial charge on any atom is -0.478 e. The summed E-state index contributed by atoms with van der Waals surface area (Å²) < 4.78 is 5.50. The lowest BCUT2D eigenvalue weighted by Gasteiger charge is -2.10. The molecule has 0 bridgehead atoms. The van der Waals surface area contributed by atoms with Gasteiger partial charge in [-0.25, -0.2) is 4.79 Å². The first-order valence-electron chi connectivity index (χ1n) is 5.44. The van der Waals surface area contributed by atoms with Crippen LogP contribution >= 0.6 is 23.4 Å². The normalized spacial score (nSPS) is 19.5. The van der Waals surface area contributed by atoms with E-state index < -0.39 is 5.97 Å². The van der Waals surface area contributed by atoms with Crippen molar-refractivity contribution in [1.29, 1.82) is 0 Å². The van der Waals surface area contributed by atoms with Crippen LogP contribution in [-0.4, -0.2) is 29.5 Å². The maximum absolute atomic E-state index is 11.1. The van der Waals surface area contributed by atoms with Gasteiger partial charge in [0.05, 0.1) is 11.7 Å². The molecule has 1 saturated heterocycles. The predicted octanol–water partition coefficient (Wildman–Crippen LogP) is 3.31. The molecule has 1 aliphatic heterocycles. The van der Waals surface area contributed by atoms with Crippen molar-refractivity contribution in [3.05, 3.63) is 28.8 Å².